The lowest BCUT2D eigenvalue weighted by atomic mass is 9.71. The summed E-state index contributed by atoms with van der Waals surface area (Å²) in [5, 5.41) is 2.35. The molecule has 166 valence electrons. The Hall–Kier alpha value is -4.71. The van der Waals surface area contributed by atoms with Crippen molar-refractivity contribution in [2.75, 3.05) is 0 Å². The highest BCUT2D eigenvalue weighted by Gasteiger charge is 2.34. The van der Waals surface area contributed by atoms with Crippen LogP contribution >= 0.6 is 0 Å². The van der Waals surface area contributed by atoms with Crippen molar-refractivity contribution in [1.82, 2.24) is 14.4 Å². The summed E-state index contributed by atoms with van der Waals surface area (Å²) in [6.07, 6.45) is 11.7. The Morgan fingerprint density at radius 3 is 2.60 bits per heavy atom. The van der Waals surface area contributed by atoms with Gasteiger partial charge in [-0.2, -0.15) is 0 Å². The summed E-state index contributed by atoms with van der Waals surface area (Å²) < 4.78 is 14.5. The van der Waals surface area contributed by atoms with E-state index in [4.69, 9.17) is 9.39 Å². The Bertz CT molecular complexity index is 1670. The minimum atomic E-state index is -0.205. The molecule has 0 unspecified atom stereocenters. The van der Waals surface area contributed by atoms with Crippen LogP contribution in [0.1, 0.15) is 0 Å². The standard InChI is InChI=1S/C29H20BN3O2/c1-2-12-27-25(11-1)26-15-14-24(19-28(26)33(27)29-13-3-5-16-31-29)35-23-10-7-8-21(18-23)30-32-17-6-4-9-22(32)20-34-30/h1-20H. The van der Waals surface area contributed by atoms with Gasteiger partial charge in [-0.15, -0.1) is 0 Å². The molecule has 5 aromatic rings. The van der Waals surface area contributed by atoms with Crippen molar-refractivity contribution >= 4 is 34.3 Å². The molecule has 0 saturated carbocycles. The van der Waals surface area contributed by atoms with Gasteiger partial charge in [0.2, 0.25) is 0 Å². The zero-order chi connectivity index (χ0) is 23.2. The first-order valence-electron chi connectivity index (χ1n) is 11.6. The summed E-state index contributed by atoms with van der Waals surface area (Å²) in [4.78, 5) is 6.72. The fraction of sp³-hybridized carbons (Fsp3) is 0. The van der Waals surface area contributed by atoms with E-state index in [1.54, 1.807) is 6.26 Å². The minimum absolute atomic E-state index is 0.205. The summed E-state index contributed by atoms with van der Waals surface area (Å²) >= 11 is 0. The van der Waals surface area contributed by atoms with Crippen LogP contribution in [0.4, 0.5) is 0 Å². The highest BCUT2D eigenvalue weighted by molar-refractivity contribution is 6.66. The van der Waals surface area contributed by atoms with E-state index in [1.807, 2.05) is 73.1 Å². The molecule has 3 aromatic carbocycles. The van der Waals surface area contributed by atoms with E-state index in [2.05, 4.69) is 56.8 Å². The van der Waals surface area contributed by atoms with Crippen LogP contribution in [0.5, 0.6) is 11.5 Å². The second-order valence-electron chi connectivity index (χ2n) is 8.53. The van der Waals surface area contributed by atoms with Crippen LogP contribution in [0, 0.1) is 0 Å². The summed E-state index contributed by atoms with van der Waals surface area (Å²) in [7, 11) is -0.205. The van der Waals surface area contributed by atoms with Crippen molar-refractivity contribution < 1.29 is 9.39 Å². The van der Waals surface area contributed by atoms with Crippen LogP contribution in [0.25, 0.3) is 27.6 Å². The lowest BCUT2D eigenvalue weighted by molar-refractivity contribution is 0.481. The van der Waals surface area contributed by atoms with E-state index in [9.17, 15) is 0 Å². The Kier molecular flexibility index (Phi) is 4.49. The number of rotatable bonds is 4. The van der Waals surface area contributed by atoms with E-state index in [1.165, 1.54) is 5.39 Å². The summed E-state index contributed by atoms with van der Waals surface area (Å²) in [5.41, 5.74) is 4.23. The monoisotopic (exact) mass is 453 g/mol. The van der Waals surface area contributed by atoms with Crippen LogP contribution < -0.4 is 10.2 Å². The molecule has 5 nitrogen and oxygen atoms in total. The van der Waals surface area contributed by atoms with E-state index in [-0.39, 0.29) is 7.05 Å². The van der Waals surface area contributed by atoms with Gasteiger partial charge < -0.3 is 14.2 Å². The third-order valence-corrected chi connectivity index (χ3v) is 6.40. The Morgan fingerprint density at radius 2 is 1.66 bits per heavy atom. The molecular weight excluding hydrogens is 433 g/mol. The molecule has 2 aromatic heterocycles. The van der Waals surface area contributed by atoms with Crippen LogP contribution in [0.2, 0.25) is 0 Å². The van der Waals surface area contributed by atoms with Gasteiger partial charge >= 0.3 is 7.05 Å². The maximum absolute atomic E-state index is 6.35. The molecule has 35 heavy (non-hydrogen) atoms. The van der Waals surface area contributed by atoms with Gasteiger partial charge in [0.05, 0.1) is 23.0 Å². The number of hydrogen-bond donors (Lipinski definition) is 0. The van der Waals surface area contributed by atoms with Crippen molar-refractivity contribution in [2.45, 2.75) is 0 Å². The molecule has 0 amide bonds. The van der Waals surface area contributed by atoms with Gasteiger partial charge in [0, 0.05) is 23.0 Å². The van der Waals surface area contributed by atoms with Crippen LogP contribution in [0.3, 0.4) is 0 Å². The molecule has 0 fully saturated rings. The average molecular weight is 453 g/mol. The van der Waals surface area contributed by atoms with Gasteiger partial charge in [0.15, 0.2) is 0 Å². The molecule has 2 aliphatic heterocycles. The lowest BCUT2D eigenvalue weighted by Crippen LogP contribution is -2.42. The maximum atomic E-state index is 6.35. The third-order valence-electron chi connectivity index (χ3n) is 6.40. The number of fused-ring (bicyclic) bond motifs is 4. The highest BCUT2D eigenvalue weighted by atomic mass is 16.5. The zero-order valence-corrected chi connectivity index (χ0v) is 18.8. The van der Waals surface area contributed by atoms with Gasteiger partial charge in [-0.1, -0.05) is 42.5 Å². The summed E-state index contributed by atoms with van der Waals surface area (Å²) in [5.74, 6) is 2.40. The van der Waals surface area contributed by atoms with Gasteiger partial charge in [-0.25, -0.2) is 4.98 Å². The maximum Gasteiger partial charge on any atom is 0.523 e. The fourth-order valence-electron chi connectivity index (χ4n) is 4.84. The second-order valence-corrected chi connectivity index (χ2v) is 8.53. The molecule has 0 spiro atoms. The van der Waals surface area contributed by atoms with Crippen LogP contribution in [0.15, 0.2) is 128 Å². The first kappa shape index (κ1) is 19.7. The zero-order valence-electron chi connectivity index (χ0n) is 18.8. The molecular formula is C29H20BN3O2. The lowest BCUT2D eigenvalue weighted by Gasteiger charge is -2.21. The van der Waals surface area contributed by atoms with E-state index in [0.717, 1.165) is 44.9 Å². The van der Waals surface area contributed by atoms with E-state index in [0.29, 0.717) is 0 Å². The number of benzene rings is 3. The molecule has 7 rings (SSSR count). The number of aromatic nitrogens is 2. The van der Waals surface area contributed by atoms with Crippen LogP contribution in [-0.2, 0) is 4.65 Å². The Balaban J connectivity index is 1.27. The normalized spacial score (nSPS) is 14.3. The van der Waals surface area contributed by atoms with E-state index < -0.39 is 0 Å². The third kappa shape index (κ3) is 3.30. The molecule has 0 aliphatic carbocycles. The van der Waals surface area contributed by atoms with Gasteiger partial charge in [-0.05, 0) is 66.3 Å². The van der Waals surface area contributed by atoms with Gasteiger partial charge in [0.25, 0.3) is 0 Å². The molecule has 6 heteroatoms. The summed E-state index contributed by atoms with van der Waals surface area (Å²) in [6, 6.07) is 28.7. The molecule has 0 radical (unpaired) electrons. The molecule has 0 atom stereocenters. The second kappa shape index (κ2) is 7.96. The molecule has 4 heterocycles. The van der Waals surface area contributed by atoms with Crippen molar-refractivity contribution in [1.29, 1.82) is 0 Å². The average Bonchev–Trinajstić information content (AvgIpc) is 3.48. The number of ether oxygens (including phenoxy) is 1. The van der Waals surface area contributed by atoms with Crippen molar-refractivity contribution in [3.63, 3.8) is 0 Å². The number of nitrogens with zero attached hydrogens (tertiary/aromatic N) is 3. The van der Waals surface area contributed by atoms with Gasteiger partial charge in [-0.3, -0.25) is 4.57 Å². The molecule has 0 N–H and O–H groups in total. The van der Waals surface area contributed by atoms with Crippen LogP contribution in [-0.4, -0.2) is 21.4 Å². The first-order valence-corrected chi connectivity index (χ1v) is 11.6. The predicted molar refractivity (Wildman–Crippen MR) is 140 cm³/mol. The largest absolute Gasteiger partial charge is 0.541 e. The fourth-order valence-corrected chi connectivity index (χ4v) is 4.84. The number of hydrogen-bond acceptors (Lipinski definition) is 4. The number of para-hydroxylation sites is 1. The topological polar surface area (TPSA) is 39.5 Å². The molecule has 2 aliphatic rings. The number of pyridine rings is 1. The quantitative estimate of drug-likeness (QED) is 0.317. The first-order chi connectivity index (χ1) is 17.3. The Morgan fingerprint density at radius 1 is 0.771 bits per heavy atom. The predicted octanol–water partition coefficient (Wildman–Crippen LogP) is 5.92. The smallest absolute Gasteiger partial charge is 0.523 e. The highest BCUT2D eigenvalue weighted by Crippen LogP contribution is 2.34. The van der Waals surface area contributed by atoms with Crippen molar-refractivity contribution in [2.24, 2.45) is 0 Å². The molecule has 0 saturated heterocycles. The van der Waals surface area contributed by atoms with Crippen molar-refractivity contribution in [3.05, 3.63) is 128 Å². The molecule has 0 bridgehead atoms. The minimum Gasteiger partial charge on any atom is -0.541 e. The Labute approximate surface area is 203 Å². The van der Waals surface area contributed by atoms with Crippen molar-refractivity contribution in [3.8, 4) is 17.3 Å². The van der Waals surface area contributed by atoms with E-state index >= 15 is 0 Å². The van der Waals surface area contributed by atoms with Gasteiger partial charge in [0.1, 0.15) is 17.3 Å². The summed E-state index contributed by atoms with van der Waals surface area (Å²) in [6.45, 7) is 0. The number of allylic oxidation sites excluding steroid dienone is 3. The SMILES string of the molecule is C1=CC2=COB(c3cccc(Oc4ccc5c6ccccc6n(-c6ccccn6)c5c4)c3)N2C=C1.